The van der Waals surface area contributed by atoms with Gasteiger partial charge in [0.25, 0.3) is 0 Å². The summed E-state index contributed by atoms with van der Waals surface area (Å²) < 4.78 is 5.52. The Bertz CT molecular complexity index is 797. The van der Waals surface area contributed by atoms with Gasteiger partial charge in [0.2, 0.25) is 5.91 Å². The number of thiocarbonyl (C=S) groups is 1. The number of halogens is 4. The van der Waals surface area contributed by atoms with Crippen molar-refractivity contribution in [3.8, 4) is 5.75 Å². The first-order valence-electron chi connectivity index (χ1n) is 7.49. The fraction of sp³-hybridized carbons (Fsp3) is 0.176. The lowest BCUT2D eigenvalue weighted by Crippen LogP contribution is -2.34. The van der Waals surface area contributed by atoms with E-state index in [2.05, 4.69) is 10.6 Å². The van der Waals surface area contributed by atoms with Gasteiger partial charge in [-0.1, -0.05) is 52.5 Å². The predicted molar refractivity (Wildman–Crippen MR) is 112 cm³/mol. The van der Waals surface area contributed by atoms with Crippen LogP contribution in [0.3, 0.4) is 0 Å². The number of amides is 1. The largest absolute Gasteiger partial charge is 0.492 e. The molecule has 1 amide bonds. The van der Waals surface area contributed by atoms with E-state index in [1.165, 1.54) is 0 Å². The molecule has 0 aliphatic rings. The summed E-state index contributed by atoms with van der Waals surface area (Å²) >= 11 is 29.0. The van der Waals surface area contributed by atoms with Gasteiger partial charge in [-0.3, -0.25) is 4.79 Å². The quantitative estimate of drug-likeness (QED) is 0.419. The molecule has 2 N–H and O–H groups in total. The average molecular weight is 452 g/mol. The van der Waals surface area contributed by atoms with E-state index in [-0.39, 0.29) is 17.4 Å². The van der Waals surface area contributed by atoms with Crippen LogP contribution >= 0.6 is 58.6 Å². The van der Waals surface area contributed by atoms with Crippen molar-refractivity contribution in [2.75, 3.05) is 11.9 Å². The van der Waals surface area contributed by atoms with Crippen LogP contribution in [0, 0.1) is 0 Å². The standard InChI is InChI=1S/C17H14Cl4N2O2S/c18-10-6-7-14(13(21)9-10)25-8-2-5-15(24)22-17(26)23-16-11(19)3-1-4-12(16)20/h1,3-4,6-7,9H,2,5,8H2,(H2,22,23,24,26). The molecule has 4 nitrogen and oxygen atoms in total. The average Bonchev–Trinajstić information content (AvgIpc) is 2.56. The van der Waals surface area contributed by atoms with Crippen molar-refractivity contribution in [2.45, 2.75) is 12.8 Å². The summed E-state index contributed by atoms with van der Waals surface area (Å²) in [6, 6.07) is 9.99. The van der Waals surface area contributed by atoms with Crippen molar-refractivity contribution in [1.82, 2.24) is 5.32 Å². The number of nitrogens with one attached hydrogen (secondary N) is 2. The number of para-hydroxylation sites is 1. The Morgan fingerprint density at radius 1 is 1.04 bits per heavy atom. The smallest absolute Gasteiger partial charge is 0.226 e. The van der Waals surface area contributed by atoms with Crippen LogP contribution in [-0.2, 0) is 4.79 Å². The fourth-order valence-electron chi connectivity index (χ4n) is 1.96. The number of benzene rings is 2. The molecule has 0 fully saturated rings. The second-order valence-electron chi connectivity index (χ2n) is 5.13. The minimum Gasteiger partial charge on any atom is -0.492 e. The van der Waals surface area contributed by atoms with Crippen LogP contribution in [0.1, 0.15) is 12.8 Å². The maximum absolute atomic E-state index is 11.9. The molecule has 26 heavy (non-hydrogen) atoms. The zero-order valence-electron chi connectivity index (χ0n) is 13.3. The summed E-state index contributed by atoms with van der Waals surface area (Å²) in [4.78, 5) is 11.9. The number of ether oxygens (including phenoxy) is 1. The topological polar surface area (TPSA) is 50.4 Å². The third-order valence-corrected chi connectivity index (χ3v) is 4.52. The van der Waals surface area contributed by atoms with E-state index >= 15 is 0 Å². The van der Waals surface area contributed by atoms with Crippen molar-refractivity contribution in [3.63, 3.8) is 0 Å². The van der Waals surface area contributed by atoms with E-state index in [1.54, 1.807) is 36.4 Å². The van der Waals surface area contributed by atoms with Gasteiger partial charge in [0.15, 0.2) is 5.11 Å². The minimum absolute atomic E-state index is 0.117. The van der Waals surface area contributed by atoms with Crippen LogP contribution in [0.4, 0.5) is 5.69 Å². The second kappa shape index (κ2) is 10.2. The monoisotopic (exact) mass is 450 g/mol. The molecule has 0 heterocycles. The maximum Gasteiger partial charge on any atom is 0.226 e. The lowest BCUT2D eigenvalue weighted by molar-refractivity contribution is -0.119. The van der Waals surface area contributed by atoms with E-state index in [4.69, 9.17) is 63.4 Å². The Morgan fingerprint density at radius 3 is 2.38 bits per heavy atom. The van der Waals surface area contributed by atoms with Crippen molar-refractivity contribution in [1.29, 1.82) is 0 Å². The minimum atomic E-state index is -0.253. The zero-order chi connectivity index (χ0) is 19.1. The first-order chi connectivity index (χ1) is 12.4. The van der Waals surface area contributed by atoms with Gasteiger partial charge in [0.1, 0.15) is 5.75 Å². The molecule has 0 atom stereocenters. The number of carbonyl (C=O) groups is 1. The Labute approximate surface area is 176 Å². The van der Waals surface area contributed by atoms with Gasteiger partial charge in [-0.15, -0.1) is 0 Å². The molecule has 0 unspecified atom stereocenters. The summed E-state index contributed by atoms with van der Waals surface area (Å²) in [5.41, 5.74) is 0.446. The first-order valence-corrected chi connectivity index (χ1v) is 9.41. The number of rotatable bonds is 6. The molecule has 0 saturated carbocycles. The van der Waals surface area contributed by atoms with Gasteiger partial charge in [0.05, 0.1) is 27.4 Å². The van der Waals surface area contributed by atoms with Crippen molar-refractivity contribution in [3.05, 3.63) is 56.5 Å². The van der Waals surface area contributed by atoms with E-state index in [1.807, 2.05) is 0 Å². The van der Waals surface area contributed by atoms with Crippen LogP contribution in [-0.4, -0.2) is 17.6 Å². The van der Waals surface area contributed by atoms with Gasteiger partial charge < -0.3 is 15.4 Å². The normalized spacial score (nSPS) is 10.3. The summed E-state index contributed by atoms with van der Waals surface area (Å²) in [6.45, 7) is 0.325. The summed E-state index contributed by atoms with van der Waals surface area (Å²) in [5, 5.41) is 7.25. The Balaban J connectivity index is 1.74. The van der Waals surface area contributed by atoms with Gasteiger partial charge in [0, 0.05) is 11.4 Å². The molecule has 0 aliphatic carbocycles. The highest BCUT2D eigenvalue weighted by molar-refractivity contribution is 7.80. The van der Waals surface area contributed by atoms with Gasteiger partial charge in [-0.25, -0.2) is 0 Å². The fourth-order valence-corrected chi connectivity index (χ4v) is 3.13. The lowest BCUT2D eigenvalue weighted by Gasteiger charge is -2.12. The Morgan fingerprint density at radius 2 is 1.73 bits per heavy atom. The zero-order valence-corrected chi connectivity index (χ0v) is 17.2. The highest BCUT2D eigenvalue weighted by Crippen LogP contribution is 2.29. The number of carbonyl (C=O) groups excluding carboxylic acids is 1. The maximum atomic E-state index is 11.9. The molecular weight excluding hydrogens is 438 g/mol. The van der Waals surface area contributed by atoms with E-state index < -0.39 is 0 Å². The van der Waals surface area contributed by atoms with E-state index in [0.717, 1.165) is 0 Å². The molecule has 9 heteroatoms. The third kappa shape index (κ3) is 6.49. The molecule has 0 saturated heterocycles. The molecule has 0 radical (unpaired) electrons. The van der Waals surface area contributed by atoms with E-state index in [9.17, 15) is 4.79 Å². The van der Waals surface area contributed by atoms with Gasteiger partial charge in [-0.2, -0.15) is 0 Å². The SMILES string of the molecule is O=C(CCCOc1ccc(Cl)cc1Cl)NC(=S)Nc1c(Cl)cccc1Cl. The van der Waals surface area contributed by atoms with E-state index in [0.29, 0.717) is 44.6 Å². The van der Waals surface area contributed by atoms with Crippen molar-refractivity contribution >= 4 is 75.3 Å². The molecular formula is C17H14Cl4N2O2S. The second-order valence-corrected chi connectivity index (χ2v) is 7.19. The van der Waals surface area contributed by atoms with Gasteiger partial charge >= 0.3 is 0 Å². The van der Waals surface area contributed by atoms with Crippen molar-refractivity contribution in [2.24, 2.45) is 0 Å². The van der Waals surface area contributed by atoms with Crippen LogP contribution in [0.15, 0.2) is 36.4 Å². The Hall–Kier alpha value is -1.24. The number of anilines is 1. The molecule has 138 valence electrons. The highest BCUT2D eigenvalue weighted by atomic mass is 35.5. The summed E-state index contributed by atoms with van der Waals surface area (Å²) in [6.07, 6.45) is 0.712. The first kappa shape index (κ1) is 21.1. The summed E-state index contributed by atoms with van der Waals surface area (Å²) in [5.74, 6) is 0.263. The molecule has 0 spiro atoms. The highest BCUT2D eigenvalue weighted by Gasteiger charge is 2.10. The molecule has 2 rings (SSSR count). The number of hydrogen-bond donors (Lipinski definition) is 2. The van der Waals surface area contributed by atoms with Crippen LogP contribution in [0.2, 0.25) is 20.1 Å². The molecule has 0 aromatic heterocycles. The van der Waals surface area contributed by atoms with Crippen LogP contribution in [0.25, 0.3) is 0 Å². The van der Waals surface area contributed by atoms with Crippen LogP contribution < -0.4 is 15.4 Å². The molecule has 2 aromatic carbocycles. The number of hydrogen-bond acceptors (Lipinski definition) is 3. The lowest BCUT2D eigenvalue weighted by atomic mass is 10.3. The molecule has 0 bridgehead atoms. The predicted octanol–water partition coefficient (Wildman–Crippen LogP) is 5.97. The molecule has 2 aromatic rings. The third-order valence-electron chi connectivity index (χ3n) is 3.15. The summed E-state index contributed by atoms with van der Waals surface area (Å²) in [7, 11) is 0. The van der Waals surface area contributed by atoms with Crippen LogP contribution in [0.5, 0.6) is 5.75 Å². The Kier molecular flexibility index (Phi) is 8.25. The molecule has 0 aliphatic heterocycles. The van der Waals surface area contributed by atoms with Gasteiger partial charge in [-0.05, 0) is 49.0 Å². The van der Waals surface area contributed by atoms with Crippen molar-refractivity contribution < 1.29 is 9.53 Å².